The summed E-state index contributed by atoms with van der Waals surface area (Å²) in [6.45, 7) is 4.03. The Labute approximate surface area is 115 Å². The van der Waals surface area contributed by atoms with E-state index < -0.39 is 6.10 Å². The molecule has 0 aromatic rings. The third kappa shape index (κ3) is 5.97. The molecule has 1 heterocycles. The summed E-state index contributed by atoms with van der Waals surface area (Å²) in [7, 11) is 0. The van der Waals surface area contributed by atoms with Crippen LogP contribution >= 0.6 is 37.2 Å². The maximum atomic E-state index is 9.32. The van der Waals surface area contributed by atoms with E-state index in [0.717, 1.165) is 0 Å². The first-order valence-corrected chi connectivity index (χ1v) is 16.9. The summed E-state index contributed by atoms with van der Waals surface area (Å²) >= 11 is 5.30. The molecule has 0 aromatic heterocycles. The number of aliphatic hydroxyl groups excluding tert-OH is 2. The topological polar surface area (TPSA) is 49.7 Å². The third-order valence-electron chi connectivity index (χ3n) is 2.18. The van der Waals surface area contributed by atoms with Gasteiger partial charge in [-0.2, -0.15) is 0 Å². The summed E-state index contributed by atoms with van der Waals surface area (Å²) in [6, 6.07) is 0. The molecular formula is C8H16I3O3-. The van der Waals surface area contributed by atoms with Crippen LogP contribution in [-0.2, 0) is 4.74 Å². The van der Waals surface area contributed by atoms with E-state index in [1.165, 1.54) is 0 Å². The average Bonchev–Trinajstić information content (AvgIpc) is 2.48. The summed E-state index contributed by atoms with van der Waals surface area (Å²) < 4.78 is 5.38. The molecule has 1 aliphatic heterocycles. The van der Waals surface area contributed by atoms with Crippen LogP contribution in [0.2, 0.25) is 0 Å². The molecule has 14 heavy (non-hydrogen) atoms. The first-order valence-electron chi connectivity index (χ1n) is 4.38. The molecule has 1 aliphatic rings. The Kier molecular flexibility index (Phi) is 10.5. The SMILES string of the molecule is CC(C)[C@H]1C[C@@H](O)[C@@H](CO)O1.I[I-]I. The van der Waals surface area contributed by atoms with Gasteiger partial charge in [-0.15, -0.1) is 0 Å². The Bertz CT molecular complexity index is 146. The molecular weight excluding hydrogens is 525 g/mol. The molecule has 0 bridgehead atoms. The fourth-order valence-corrected chi connectivity index (χ4v) is 1.35. The van der Waals surface area contributed by atoms with Gasteiger partial charge in [0.15, 0.2) is 0 Å². The molecule has 0 spiro atoms. The second-order valence-electron chi connectivity index (χ2n) is 3.50. The normalized spacial score (nSPS) is 31.8. The van der Waals surface area contributed by atoms with E-state index in [9.17, 15) is 5.11 Å². The van der Waals surface area contributed by atoms with Crippen molar-refractivity contribution in [3.8, 4) is 0 Å². The van der Waals surface area contributed by atoms with E-state index in [4.69, 9.17) is 9.84 Å². The van der Waals surface area contributed by atoms with Crippen LogP contribution in [0.4, 0.5) is 0 Å². The monoisotopic (exact) mass is 541 g/mol. The van der Waals surface area contributed by atoms with Crippen molar-refractivity contribution in [2.24, 2.45) is 5.92 Å². The molecule has 6 heteroatoms. The Morgan fingerprint density at radius 2 is 2.00 bits per heavy atom. The maximum absolute atomic E-state index is 9.32. The Morgan fingerprint density at radius 1 is 1.50 bits per heavy atom. The van der Waals surface area contributed by atoms with Gasteiger partial charge in [-0.25, -0.2) is 0 Å². The van der Waals surface area contributed by atoms with Crippen molar-refractivity contribution >= 4 is 37.2 Å². The van der Waals surface area contributed by atoms with Gasteiger partial charge < -0.3 is 14.9 Å². The molecule has 0 aliphatic carbocycles. The zero-order valence-corrected chi connectivity index (χ0v) is 14.6. The van der Waals surface area contributed by atoms with E-state index in [1.54, 1.807) is 0 Å². The third-order valence-corrected chi connectivity index (χ3v) is 2.18. The first kappa shape index (κ1) is 16.1. The molecule has 1 rings (SSSR count). The van der Waals surface area contributed by atoms with Crippen molar-refractivity contribution in [3.05, 3.63) is 0 Å². The molecule has 0 radical (unpaired) electrons. The molecule has 1 fully saturated rings. The Balaban J connectivity index is 0.000000500. The summed E-state index contributed by atoms with van der Waals surface area (Å²) in [5, 5.41) is 18.1. The number of hydrogen-bond acceptors (Lipinski definition) is 3. The number of aliphatic hydroxyl groups is 2. The van der Waals surface area contributed by atoms with Crippen LogP contribution in [0.5, 0.6) is 0 Å². The fourth-order valence-electron chi connectivity index (χ4n) is 1.35. The van der Waals surface area contributed by atoms with E-state index in [2.05, 4.69) is 51.1 Å². The minimum absolute atomic E-state index is 0.0790. The molecule has 2 N–H and O–H groups in total. The van der Waals surface area contributed by atoms with E-state index >= 15 is 0 Å². The van der Waals surface area contributed by atoms with Gasteiger partial charge in [0.2, 0.25) is 0 Å². The predicted octanol–water partition coefficient (Wildman–Crippen LogP) is -1.07. The van der Waals surface area contributed by atoms with Gasteiger partial charge in [-0.3, -0.25) is 0 Å². The van der Waals surface area contributed by atoms with Gasteiger partial charge >= 0.3 is 50.5 Å². The molecule has 1 saturated heterocycles. The van der Waals surface area contributed by atoms with Crippen LogP contribution in [0.25, 0.3) is 0 Å². The molecule has 0 saturated carbocycles. The molecule has 0 aromatic carbocycles. The quantitative estimate of drug-likeness (QED) is 0.439. The van der Waals surface area contributed by atoms with Gasteiger partial charge in [0.05, 0.1) is 18.8 Å². The summed E-state index contributed by atoms with van der Waals surface area (Å²) in [5.41, 5.74) is 0. The molecule has 0 unspecified atom stereocenters. The van der Waals surface area contributed by atoms with E-state index in [1.807, 2.05) is 0 Å². The van der Waals surface area contributed by atoms with Crippen molar-refractivity contribution in [3.63, 3.8) is 0 Å². The standard InChI is InChI=1S/C8H16O3.I3/c1-5(2)7-3-6(10)8(4-9)11-7;1-3-2/h5-10H,3-4H2,1-2H3;/q;-1/t6-,7-,8-;/m1./s1. The van der Waals surface area contributed by atoms with Crippen LogP contribution in [0, 0.1) is 5.92 Å². The summed E-state index contributed by atoms with van der Waals surface area (Å²) in [5.74, 6) is 0.418. The molecule has 88 valence electrons. The van der Waals surface area contributed by atoms with Gasteiger partial charge in [-0.05, 0) is 5.92 Å². The summed E-state index contributed by atoms with van der Waals surface area (Å²) in [4.78, 5) is 0. The number of rotatable bonds is 2. The first-order chi connectivity index (χ1) is 6.56. The second-order valence-corrected chi connectivity index (χ2v) is 19.7. The predicted molar refractivity (Wildman–Crippen MR) is 69.2 cm³/mol. The van der Waals surface area contributed by atoms with Gasteiger partial charge in [-0.1, -0.05) is 13.8 Å². The fraction of sp³-hybridized carbons (Fsp3) is 1.00. The van der Waals surface area contributed by atoms with Crippen molar-refractivity contribution in [2.45, 2.75) is 38.6 Å². The molecule has 3 nitrogen and oxygen atoms in total. The van der Waals surface area contributed by atoms with Crippen LogP contribution in [-0.4, -0.2) is 35.1 Å². The van der Waals surface area contributed by atoms with Crippen LogP contribution < -0.4 is 13.3 Å². The number of ether oxygens (including phenoxy) is 1. The number of halogens is 3. The van der Waals surface area contributed by atoms with Crippen LogP contribution in [0.15, 0.2) is 0 Å². The molecule has 3 atom stereocenters. The zero-order valence-electron chi connectivity index (χ0n) is 8.16. The van der Waals surface area contributed by atoms with E-state index in [0.29, 0.717) is 25.6 Å². The second kappa shape index (κ2) is 9.14. The van der Waals surface area contributed by atoms with Crippen molar-refractivity contribution in [1.82, 2.24) is 0 Å². The Morgan fingerprint density at radius 3 is 2.21 bits per heavy atom. The van der Waals surface area contributed by atoms with Crippen molar-refractivity contribution < 1.29 is 28.2 Å². The molecule has 0 amide bonds. The van der Waals surface area contributed by atoms with Gasteiger partial charge in [0.1, 0.15) is 6.10 Å². The summed E-state index contributed by atoms with van der Waals surface area (Å²) in [6.07, 6.45) is -0.0694. The number of hydrogen-bond donors (Lipinski definition) is 2. The van der Waals surface area contributed by atoms with Crippen LogP contribution in [0.3, 0.4) is 0 Å². The van der Waals surface area contributed by atoms with Crippen molar-refractivity contribution in [1.29, 1.82) is 0 Å². The van der Waals surface area contributed by atoms with Crippen LogP contribution in [0.1, 0.15) is 20.3 Å². The average molecular weight is 541 g/mol. The van der Waals surface area contributed by atoms with E-state index in [-0.39, 0.29) is 18.8 Å². The minimum atomic E-state index is -0.479. The van der Waals surface area contributed by atoms with Gasteiger partial charge in [0.25, 0.3) is 0 Å². The van der Waals surface area contributed by atoms with Crippen molar-refractivity contribution in [2.75, 3.05) is 6.61 Å². The Hall–Kier alpha value is 2.07. The zero-order chi connectivity index (χ0) is 11.1. The van der Waals surface area contributed by atoms with Gasteiger partial charge in [0, 0.05) is 6.42 Å².